The molecule has 0 radical (unpaired) electrons. The normalized spacial score (nSPS) is 24.7. The Labute approximate surface area is 114 Å². The zero-order valence-corrected chi connectivity index (χ0v) is 13.1. The fraction of sp³-hybridized carbons (Fsp3) is 1.00. The SMILES string of the molecule is CC(C)CNCCCC(C)N1CCN(C)CC1C. The van der Waals surface area contributed by atoms with E-state index in [1.165, 1.54) is 39.0 Å². The lowest BCUT2D eigenvalue weighted by Gasteiger charge is -2.41. The fourth-order valence-electron chi connectivity index (χ4n) is 2.89. The number of rotatable bonds is 7. The van der Waals surface area contributed by atoms with Gasteiger partial charge in [0, 0.05) is 31.7 Å². The van der Waals surface area contributed by atoms with Crippen molar-refractivity contribution in [1.82, 2.24) is 15.1 Å². The van der Waals surface area contributed by atoms with Gasteiger partial charge in [0.05, 0.1) is 0 Å². The highest BCUT2D eigenvalue weighted by Gasteiger charge is 2.24. The zero-order valence-electron chi connectivity index (χ0n) is 13.1. The highest BCUT2D eigenvalue weighted by molar-refractivity contribution is 4.81. The zero-order chi connectivity index (χ0) is 13.5. The minimum absolute atomic E-state index is 0.711. The maximum Gasteiger partial charge on any atom is 0.0198 e. The van der Waals surface area contributed by atoms with E-state index in [1.54, 1.807) is 0 Å². The summed E-state index contributed by atoms with van der Waals surface area (Å²) < 4.78 is 0. The predicted molar refractivity (Wildman–Crippen MR) is 80.1 cm³/mol. The molecule has 18 heavy (non-hydrogen) atoms. The Bertz CT molecular complexity index is 218. The lowest BCUT2D eigenvalue weighted by Crippen LogP contribution is -2.53. The number of hydrogen-bond donors (Lipinski definition) is 1. The lowest BCUT2D eigenvalue weighted by molar-refractivity contribution is 0.0636. The summed E-state index contributed by atoms with van der Waals surface area (Å²) in [6.45, 7) is 15.3. The van der Waals surface area contributed by atoms with Crippen LogP contribution in [0.2, 0.25) is 0 Å². The van der Waals surface area contributed by atoms with Crippen LogP contribution >= 0.6 is 0 Å². The van der Waals surface area contributed by atoms with Crippen LogP contribution in [0.5, 0.6) is 0 Å². The molecule has 3 heteroatoms. The second kappa shape index (κ2) is 8.13. The standard InChI is InChI=1S/C15H33N3/c1-13(2)11-16-8-6-7-14(3)18-10-9-17(5)12-15(18)4/h13-16H,6-12H2,1-5H3. The molecule has 2 atom stereocenters. The molecule has 0 aromatic rings. The number of nitrogens with zero attached hydrogens (tertiary/aromatic N) is 2. The summed E-state index contributed by atoms with van der Waals surface area (Å²) in [7, 11) is 2.23. The van der Waals surface area contributed by atoms with E-state index in [1.807, 2.05) is 0 Å². The van der Waals surface area contributed by atoms with Crippen LogP contribution in [0.15, 0.2) is 0 Å². The second-order valence-corrected chi connectivity index (χ2v) is 6.44. The molecular formula is C15H33N3. The Balaban J connectivity index is 2.14. The van der Waals surface area contributed by atoms with Crippen molar-refractivity contribution in [2.45, 2.75) is 52.6 Å². The second-order valence-electron chi connectivity index (χ2n) is 6.44. The largest absolute Gasteiger partial charge is 0.316 e. The van der Waals surface area contributed by atoms with Crippen molar-refractivity contribution in [3.8, 4) is 0 Å². The Morgan fingerprint density at radius 3 is 2.56 bits per heavy atom. The van der Waals surface area contributed by atoms with Crippen molar-refractivity contribution >= 4 is 0 Å². The lowest BCUT2D eigenvalue weighted by atomic mass is 10.1. The maximum atomic E-state index is 3.53. The molecule has 0 aliphatic carbocycles. The third-order valence-electron chi connectivity index (χ3n) is 3.98. The summed E-state index contributed by atoms with van der Waals surface area (Å²) in [4.78, 5) is 5.13. The fourth-order valence-corrected chi connectivity index (χ4v) is 2.89. The van der Waals surface area contributed by atoms with Gasteiger partial charge in [0.2, 0.25) is 0 Å². The molecule has 1 rings (SSSR count). The Morgan fingerprint density at radius 1 is 1.22 bits per heavy atom. The number of likely N-dealkylation sites (N-methyl/N-ethyl adjacent to an activating group) is 1. The Kier molecular flexibility index (Phi) is 7.20. The molecule has 0 aromatic heterocycles. The van der Waals surface area contributed by atoms with E-state index in [2.05, 4.69) is 49.9 Å². The van der Waals surface area contributed by atoms with Gasteiger partial charge in [0.1, 0.15) is 0 Å². The summed E-state index contributed by atoms with van der Waals surface area (Å²) in [5, 5.41) is 3.53. The summed E-state index contributed by atoms with van der Waals surface area (Å²) >= 11 is 0. The summed E-state index contributed by atoms with van der Waals surface area (Å²) in [5.41, 5.74) is 0. The highest BCUT2D eigenvalue weighted by Crippen LogP contribution is 2.15. The molecule has 0 bridgehead atoms. The number of nitrogens with one attached hydrogen (secondary N) is 1. The van der Waals surface area contributed by atoms with E-state index in [4.69, 9.17) is 0 Å². The topological polar surface area (TPSA) is 18.5 Å². The van der Waals surface area contributed by atoms with E-state index in [0.29, 0.717) is 6.04 Å². The molecule has 3 nitrogen and oxygen atoms in total. The van der Waals surface area contributed by atoms with Crippen molar-refractivity contribution in [1.29, 1.82) is 0 Å². The average Bonchev–Trinajstić information content (AvgIpc) is 2.27. The molecule has 0 aromatic carbocycles. The van der Waals surface area contributed by atoms with E-state index < -0.39 is 0 Å². The highest BCUT2D eigenvalue weighted by atomic mass is 15.3. The van der Waals surface area contributed by atoms with Crippen LogP contribution in [0.1, 0.15) is 40.5 Å². The molecular weight excluding hydrogens is 222 g/mol. The van der Waals surface area contributed by atoms with Gasteiger partial charge in [-0.25, -0.2) is 0 Å². The van der Waals surface area contributed by atoms with E-state index >= 15 is 0 Å². The van der Waals surface area contributed by atoms with E-state index in [0.717, 1.165) is 18.5 Å². The first-order valence-corrected chi connectivity index (χ1v) is 7.65. The predicted octanol–water partition coefficient (Wildman–Crippen LogP) is 2.04. The Hall–Kier alpha value is -0.120. The van der Waals surface area contributed by atoms with Crippen LogP contribution in [-0.2, 0) is 0 Å². The van der Waals surface area contributed by atoms with Gasteiger partial charge < -0.3 is 10.2 Å². The molecule has 1 heterocycles. The van der Waals surface area contributed by atoms with Gasteiger partial charge in [-0.05, 0) is 52.7 Å². The van der Waals surface area contributed by atoms with Crippen LogP contribution in [0.25, 0.3) is 0 Å². The molecule has 1 saturated heterocycles. The molecule has 1 fully saturated rings. The number of hydrogen-bond acceptors (Lipinski definition) is 3. The third kappa shape index (κ3) is 5.68. The van der Waals surface area contributed by atoms with Gasteiger partial charge in [0.15, 0.2) is 0 Å². The minimum Gasteiger partial charge on any atom is -0.316 e. The maximum absolute atomic E-state index is 3.53. The minimum atomic E-state index is 0.711. The van der Waals surface area contributed by atoms with Crippen LogP contribution in [0.3, 0.4) is 0 Å². The molecule has 2 unspecified atom stereocenters. The first kappa shape index (κ1) is 15.9. The monoisotopic (exact) mass is 255 g/mol. The van der Waals surface area contributed by atoms with Gasteiger partial charge in [-0.2, -0.15) is 0 Å². The third-order valence-corrected chi connectivity index (χ3v) is 3.98. The molecule has 0 spiro atoms. The molecule has 1 aliphatic heterocycles. The first-order chi connectivity index (χ1) is 8.50. The van der Waals surface area contributed by atoms with Gasteiger partial charge in [-0.3, -0.25) is 4.90 Å². The van der Waals surface area contributed by atoms with Crippen LogP contribution in [0, 0.1) is 5.92 Å². The summed E-state index contributed by atoms with van der Waals surface area (Å²) in [5.74, 6) is 0.764. The van der Waals surface area contributed by atoms with Crippen LogP contribution in [-0.4, -0.2) is 61.7 Å². The van der Waals surface area contributed by atoms with Gasteiger partial charge in [-0.1, -0.05) is 13.8 Å². The van der Waals surface area contributed by atoms with Crippen molar-refractivity contribution < 1.29 is 0 Å². The first-order valence-electron chi connectivity index (χ1n) is 7.65. The van der Waals surface area contributed by atoms with Crippen LogP contribution < -0.4 is 5.32 Å². The molecule has 108 valence electrons. The van der Waals surface area contributed by atoms with Crippen molar-refractivity contribution in [2.75, 3.05) is 39.8 Å². The van der Waals surface area contributed by atoms with Crippen molar-refractivity contribution in [2.24, 2.45) is 5.92 Å². The molecule has 1 aliphatic rings. The molecule has 0 saturated carbocycles. The Morgan fingerprint density at radius 2 is 1.94 bits per heavy atom. The molecule has 1 N–H and O–H groups in total. The quantitative estimate of drug-likeness (QED) is 0.702. The number of piperazine rings is 1. The average molecular weight is 255 g/mol. The smallest absolute Gasteiger partial charge is 0.0198 e. The van der Waals surface area contributed by atoms with Gasteiger partial charge in [0.25, 0.3) is 0 Å². The van der Waals surface area contributed by atoms with Gasteiger partial charge >= 0.3 is 0 Å². The molecule has 0 amide bonds. The summed E-state index contributed by atoms with van der Waals surface area (Å²) in [6, 6.07) is 1.44. The summed E-state index contributed by atoms with van der Waals surface area (Å²) in [6.07, 6.45) is 2.62. The van der Waals surface area contributed by atoms with E-state index in [9.17, 15) is 0 Å². The van der Waals surface area contributed by atoms with E-state index in [-0.39, 0.29) is 0 Å². The van der Waals surface area contributed by atoms with Crippen LogP contribution in [0.4, 0.5) is 0 Å². The van der Waals surface area contributed by atoms with Crippen molar-refractivity contribution in [3.05, 3.63) is 0 Å². The van der Waals surface area contributed by atoms with Gasteiger partial charge in [-0.15, -0.1) is 0 Å². The van der Waals surface area contributed by atoms with Crippen molar-refractivity contribution in [3.63, 3.8) is 0 Å².